The molecular weight excluding hydrogens is 409 g/mol. The first kappa shape index (κ1) is 21.2. The van der Waals surface area contributed by atoms with Crippen LogP contribution in [-0.2, 0) is 4.79 Å². The van der Waals surface area contributed by atoms with Crippen LogP contribution < -0.4 is 15.5 Å². The zero-order valence-electron chi connectivity index (χ0n) is 17.7. The van der Waals surface area contributed by atoms with Gasteiger partial charge in [0.25, 0.3) is 5.91 Å². The van der Waals surface area contributed by atoms with Gasteiger partial charge in [-0.05, 0) is 67.1 Å². The van der Waals surface area contributed by atoms with Gasteiger partial charge in [-0.3, -0.25) is 9.59 Å². The van der Waals surface area contributed by atoms with Crippen LogP contribution in [-0.4, -0.2) is 35.9 Å². The lowest BCUT2D eigenvalue weighted by molar-refractivity contribution is -0.596. The van der Waals surface area contributed by atoms with E-state index >= 15 is 0 Å². The van der Waals surface area contributed by atoms with Crippen LogP contribution in [0, 0.1) is 12.7 Å². The molecule has 1 fully saturated rings. The third kappa shape index (κ3) is 4.37. The predicted octanol–water partition coefficient (Wildman–Crippen LogP) is 3.16. The van der Waals surface area contributed by atoms with Gasteiger partial charge < -0.3 is 10.1 Å². The monoisotopic (exact) mass is 432 g/mol. The molecule has 3 aromatic carbocycles. The summed E-state index contributed by atoms with van der Waals surface area (Å²) in [7, 11) is 1.58. The van der Waals surface area contributed by atoms with E-state index in [0.717, 1.165) is 16.7 Å². The fourth-order valence-corrected chi connectivity index (χ4v) is 3.69. The SMILES string of the molecule is COc1ccc([C@H]2[C@H](NC(=O)c3ccc(F)cc3)C(=O)N/[N+]2=C\c2ccccc2C)cc1. The van der Waals surface area contributed by atoms with Crippen molar-refractivity contribution >= 4 is 18.0 Å². The Bertz CT molecular complexity index is 1170. The average Bonchev–Trinajstić information content (AvgIpc) is 3.10. The van der Waals surface area contributed by atoms with Gasteiger partial charge in [0.1, 0.15) is 11.6 Å². The van der Waals surface area contributed by atoms with Gasteiger partial charge in [-0.1, -0.05) is 18.2 Å². The molecule has 2 atom stereocenters. The highest BCUT2D eigenvalue weighted by atomic mass is 19.1. The van der Waals surface area contributed by atoms with Crippen LogP contribution in [0.4, 0.5) is 4.39 Å². The van der Waals surface area contributed by atoms with Crippen molar-refractivity contribution in [3.05, 3.63) is 101 Å². The molecule has 0 spiro atoms. The standard InChI is InChI=1S/C25H22FN3O3/c1-16-5-3-4-6-19(16)15-29-23(17-9-13-21(32-2)14-10-17)22(25(31)28-29)27-24(30)18-7-11-20(26)12-8-18/h3-15,22-23H,1-2H3,(H-,27,28,30,31)/p+1/b29-15-/t22-,23-/m0/s1. The largest absolute Gasteiger partial charge is 0.497 e. The van der Waals surface area contributed by atoms with Crippen molar-refractivity contribution in [2.24, 2.45) is 0 Å². The molecule has 1 saturated heterocycles. The van der Waals surface area contributed by atoms with Gasteiger partial charge in [0.15, 0.2) is 6.04 Å². The molecule has 7 heteroatoms. The highest BCUT2D eigenvalue weighted by Gasteiger charge is 2.47. The minimum atomic E-state index is -0.860. The number of ether oxygens (including phenoxy) is 1. The fourth-order valence-electron chi connectivity index (χ4n) is 3.69. The molecule has 0 radical (unpaired) electrons. The molecule has 32 heavy (non-hydrogen) atoms. The molecule has 0 saturated carbocycles. The number of methoxy groups -OCH3 is 1. The molecule has 2 N–H and O–H groups in total. The van der Waals surface area contributed by atoms with Gasteiger partial charge in [-0.15, -0.1) is 10.1 Å². The van der Waals surface area contributed by atoms with Crippen molar-refractivity contribution in [3.8, 4) is 5.75 Å². The first-order valence-corrected chi connectivity index (χ1v) is 10.2. The van der Waals surface area contributed by atoms with Gasteiger partial charge in [0.05, 0.1) is 7.11 Å². The van der Waals surface area contributed by atoms with Crippen LogP contribution >= 0.6 is 0 Å². The fraction of sp³-hybridized carbons (Fsp3) is 0.160. The number of nitrogens with zero attached hydrogens (tertiary/aromatic N) is 1. The Morgan fingerprint density at radius 3 is 2.41 bits per heavy atom. The van der Waals surface area contributed by atoms with Crippen LogP contribution in [0.5, 0.6) is 5.75 Å². The maximum absolute atomic E-state index is 13.2. The number of hydrogen-bond donors (Lipinski definition) is 2. The van der Waals surface area contributed by atoms with E-state index < -0.39 is 23.8 Å². The summed E-state index contributed by atoms with van der Waals surface area (Å²) in [6.07, 6.45) is 1.85. The third-order valence-electron chi connectivity index (χ3n) is 5.45. The van der Waals surface area contributed by atoms with Crippen LogP contribution in [0.1, 0.15) is 33.1 Å². The Kier molecular flexibility index (Phi) is 5.98. The van der Waals surface area contributed by atoms with E-state index in [-0.39, 0.29) is 11.5 Å². The summed E-state index contributed by atoms with van der Waals surface area (Å²) < 4.78 is 20.2. The number of aryl methyl sites for hydroxylation is 1. The molecule has 3 aromatic rings. The zero-order chi connectivity index (χ0) is 22.7. The molecule has 2 amide bonds. The summed E-state index contributed by atoms with van der Waals surface area (Å²) in [5, 5.41) is 2.81. The van der Waals surface area contributed by atoms with Crippen LogP contribution in [0.15, 0.2) is 72.8 Å². The number of hydrogen-bond acceptors (Lipinski definition) is 3. The highest BCUT2D eigenvalue weighted by Crippen LogP contribution is 2.27. The molecule has 6 nitrogen and oxygen atoms in total. The summed E-state index contributed by atoms with van der Waals surface area (Å²) in [5.74, 6) is -0.546. The Hall–Kier alpha value is -4.00. The number of rotatable bonds is 5. The lowest BCUT2D eigenvalue weighted by Gasteiger charge is -2.15. The van der Waals surface area contributed by atoms with E-state index in [4.69, 9.17) is 4.74 Å². The molecule has 1 heterocycles. The topological polar surface area (TPSA) is 70.4 Å². The lowest BCUT2D eigenvalue weighted by Crippen LogP contribution is -2.42. The minimum Gasteiger partial charge on any atom is -0.497 e. The van der Waals surface area contributed by atoms with Gasteiger partial charge in [-0.25, -0.2) is 4.39 Å². The van der Waals surface area contributed by atoms with E-state index in [2.05, 4.69) is 10.7 Å². The number of hydrazone groups is 1. The van der Waals surface area contributed by atoms with Gasteiger partial charge >= 0.3 is 5.91 Å². The van der Waals surface area contributed by atoms with Crippen LogP contribution in [0.3, 0.4) is 0 Å². The molecule has 0 aliphatic carbocycles. The van der Waals surface area contributed by atoms with Crippen molar-refractivity contribution < 1.29 is 23.4 Å². The second kappa shape index (κ2) is 9.01. The number of carbonyl (C=O) groups excluding carboxylic acids is 2. The van der Waals surface area contributed by atoms with Crippen molar-refractivity contribution in [2.45, 2.75) is 19.0 Å². The lowest BCUT2D eigenvalue weighted by atomic mass is 9.99. The minimum absolute atomic E-state index is 0.272. The summed E-state index contributed by atoms with van der Waals surface area (Å²) >= 11 is 0. The molecular formula is C25H23FN3O3+. The molecule has 0 aromatic heterocycles. The van der Waals surface area contributed by atoms with Gasteiger partial charge in [0.2, 0.25) is 12.3 Å². The molecule has 1 aliphatic heterocycles. The number of amides is 2. The van der Waals surface area contributed by atoms with Crippen molar-refractivity contribution in [2.75, 3.05) is 7.11 Å². The highest BCUT2D eigenvalue weighted by molar-refractivity contribution is 5.98. The number of halogens is 1. The summed E-state index contributed by atoms with van der Waals surface area (Å²) in [4.78, 5) is 25.7. The van der Waals surface area contributed by atoms with E-state index in [1.807, 2.05) is 61.7 Å². The van der Waals surface area contributed by atoms with E-state index in [1.165, 1.54) is 24.3 Å². The van der Waals surface area contributed by atoms with Crippen molar-refractivity contribution in [3.63, 3.8) is 0 Å². The van der Waals surface area contributed by atoms with E-state index in [1.54, 1.807) is 11.8 Å². The van der Waals surface area contributed by atoms with Crippen molar-refractivity contribution in [1.82, 2.24) is 10.7 Å². The Labute approximate surface area is 185 Å². The molecule has 162 valence electrons. The summed E-state index contributed by atoms with van der Waals surface area (Å²) in [6.45, 7) is 1.99. The Morgan fingerprint density at radius 2 is 1.75 bits per heavy atom. The number of hydrazine groups is 1. The average molecular weight is 432 g/mol. The van der Waals surface area contributed by atoms with E-state index in [0.29, 0.717) is 5.75 Å². The molecule has 0 unspecified atom stereocenters. The zero-order valence-corrected chi connectivity index (χ0v) is 17.7. The Balaban J connectivity index is 1.71. The molecule has 4 rings (SSSR count). The second-order valence-corrected chi connectivity index (χ2v) is 7.55. The maximum Gasteiger partial charge on any atom is 0.304 e. The quantitative estimate of drug-likeness (QED) is 0.609. The maximum atomic E-state index is 13.2. The summed E-state index contributed by atoms with van der Waals surface area (Å²) in [5.41, 5.74) is 5.94. The van der Waals surface area contributed by atoms with Crippen LogP contribution in [0.25, 0.3) is 0 Å². The van der Waals surface area contributed by atoms with Gasteiger partial charge in [0, 0.05) is 16.7 Å². The number of nitrogens with one attached hydrogen (secondary N) is 2. The van der Waals surface area contributed by atoms with Crippen molar-refractivity contribution in [1.29, 1.82) is 0 Å². The smallest absolute Gasteiger partial charge is 0.304 e. The molecule has 0 bridgehead atoms. The van der Waals surface area contributed by atoms with E-state index in [9.17, 15) is 14.0 Å². The number of benzene rings is 3. The first-order chi connectivity index (χ1) is 15.5. The Morgan fingerprint density at radius 1 is 1.06 bits per heavy atom. The number of carbonyl (C=O) groups is 2. The van der Waals surface area contributed by atoms with Crippen LogP contribution in [0.2, 0.25) is 0 Å². The first-order valence-electron chi connectivity index (χ1n) is 10.2. The third-order valence-corrected chi connectivity index (χ3v) is 5.45. The summed E-state index contributed by atoms with van der Waals surface area (Å²) in [6, 6.07) is 19.0. The predicted molar refractivity (Wildman–Crippen MR) is 118 cm³/mol. The normalized spacial score (nSPS) is 19.0. The second-order valence-electron chi connectivity index (χ2n) is 7.55. The van der Waals surface area contributed by atoms with Gasteiger partial charge in [-0.2, -0.15) is 0 Å². The molecule has 1 aliphatic rings.